The molecule has 134 valence electrons. The summed E-state index contributed by atoms with van der Waals surface area (Å²) in [5.41, 5.74) is 4.11. The van der Waals surface area contributed by atoms with Crippen LogP contribution in [0.1, 0.15) is 24.6 Å². The van der Waals surface area contributed by atoms with Gasteiger partial charge in [-0.15, -0.1) is 0 Å². The number of amides is 1. The lowest BCUT2D eigenvalue weighted by molar-refractivity contribution is -0.120. The van der Waals surface area contributed by atoms with Crippen molar-refractivity contribution in [3.8, 4) is 11.3 Å². The topological polar surface area (TPSA) is 88.5 Å². The molecule has 0 spiro atoms. The first-order valence-electron chi connectivity index (χ1n) is 8.66. The van der Waals surface area contributed by atoms with Gasteiger partial charge in [0.05, 0.1) is 5.69 Å². The first-order chi connectivity index (χ1) is 12.7. The fraction of sp³-hybridized carbons (Fsp3) is 0.333. The third kappa shape index (κ3) is 3.10. The number of anilines is 1. The fourth-order valence-corrected chi connectivity index (χ4v) is 3.53. The van der Waals surface area contributed by atoms with Crippen LogP contribution in [0.25, 0.3) is 11.3 Å². The number of carbonyl (C=O) groups is 1. The number of halogens is 1. The monoisotopic (exact) mass is 370 g/mol. The zero-order chi connectivity index (χ0) is 18.1. The van der Waals surface area contributed by atoms with Gasteiger partial charge < -0.3 is 5.32 Å². The summed E-state index contributed by atoms with van der Waals surface area (Å²) in [5, 5.41) is 15.2. The smallest absolute Gasteiger partial charge is 0.229 e. The van der Waals surface area contributed by atoms with E-state index in [0.29, 0.717) is 23.8 Å². The van der Waals surface area contributed by atoms with E-state index in [2.05, 4.69) is 25.6 Å². The second-order valence-electron chi connectivity index (χ2n) is 6.38. The maximum absolute atomic E-state index is 12.7. The lowest BCUT2D eigenvalue weighted by Gasteiger charge is -2.21. The van der Waals surface area contributed by atoms with Crippen LogP contribution in [0, 0.1) is 5.92 Å². The van der Waals surface area contributed by atoms with Crippen LogP contribution >= 0.6 is 11.6 Å². The summed E-state index contributed by atoms with van der Waals surface area (Å²) < 4.78 is 1.70. The van der Waals surface area contributed by atoms with Crippen molar-refractivity contribution in [2.75, 3.05) is 5.32 Å². The number of aromatic amines is 1. The molecule has 0 radical (unpaired) electrons. The van der Waals surface area contributed by atoms with Gasteiger partial charge in [0.2, 0.25) is 5.91 Å². The lowest BCUT2D eigenvalue weighted by atomic mass is 9.85. The number of rotatable bonds is 4. The second-order valence-corrected chi connectivity index (χ2v) is 6.78. The number of fused-ring (bicyclic) bond motifs is 1. The highest BCUT2D eigenvalue weighted by atomic mass is 35.5. The molecule has 1 atom stereocenters. The van der Waals surface area contributed by atoms with E-state index < -0.39 is 0 Å². The van der Waals surface area contributed by atoms with E-state index in [4.69, 9.17) is 11.6 Å². The molecule has 7 nitrogen and oxygen atoms in total. The Balaban J connectivity index is 1.53. The van der Waals surface area contributed by atoms with Crippen LogP contribution in [0.4, 0.5) is 5.82 Å². The van der Waals surface area contributed by atoms with Crippen LogP contribution in [0.3, 0.4) is 0 Å². The molecule has 26 heavy (non-hydrogen) atoms. The van der Waals surface area contributed by atoms with E-state index in [9.17, 15) is 4.79 Å². The van der Waals surface area contributed by atoms with Crippen molar-refractivity contribution in [3.05, 3.63) is 47.0 Å². The van der Waals surface area contributed by atoms with Crippen molar-refractivity contribution >= 4 is 23.3 Å². The first kappa shape index (κ1) is 16.8. The number of hydrogen-bond acceptors (Lipinski definition) is 4. The van der Waals surface area contributed by atoms with Crippen molar-refractivity contribution in [2.24, 2.45) is 5.92 Å². The average molecular weight is 371 g/mol. The molecule has 0 aromatic carbocycles. The molecule has 4 rings (SSSR count). The summed E-state index contributed by atoms with van der Waals surface area (Å²) in [5.74, 6) is 0.232. The molecular formula is C18H19ClN6O. The van der Waals surface area contributed by atoms with Crippen LogP contribution < -0.4 is 5.32 Å². The van der Waals surface area contributed by atoms with Crippen molar-refractivity contribution in [1.29, 1.82) is 0 Å². The number of carbonyl (C=O) groups excluding carboxylic acids is 1. The van der Waals surface area contributed by atoms with Crippen LogP contribution in [-0.4, -0.2) is 30.9 Å². The SMILES string of the molecule is CCn1cc(Cl)c(NC(=O)C2CCc3[nH]nc(-c4ccncc4)c3C2)n1. The van der Waals surface area contributed by atoms with Gasteiger partial charge in [-0.25, -0.2) is 0 Å². The van der Waals surface area contributed by atoms with Gasteiger partial charge in [-0.05, 0) is 38.3 Å². The van der Waals surface area contributed by atoms with Crippen LogP contribution in [0.2, 0.25) is 5.02 Å². The minimum atomic E-state index is -0.136. The summed E-state index contributed by atoms with van der Waals surface area (Å²) in [7, 11) is 0. The highest BCUT2D eigenvalue weighted by Gasteiger charge is 2.29. The van der Waals surface area contributed by atoms with E-state index in [-0.39, 0.29) is 11.8 Å². The molecule has 1 aliphatic rings. The average Bonchev–Trinajstić information content (AvgIpc) is 3.25. The van der Waals surface area contributed by atoms with Gasteiger partial charge in [-0.3, -0.25) is 19.6 Å². The molecule has 1 unspecified atom stereocenters. The number of H-pyrrole nitrogens is 1. The first-order valence-corrected chi connectivity index (χ1v) is 9.03. The van der Waals surface area contributed by atoms with Gasteiger partial charge in [0.1, 0.15) is 5.02 Å². The Bertz CT molecular complexity index is 933. The quantitative estimate of drug-likeness (QED) is 0.738. The highest BCUT2D eigenvalue weighted by Crippen LogP contribution is 2.32. The highest BCUT2D eigenvalue weighted by molar-refractivity contribution is 6.33. The Kier molecular flexibility index (Phi) is 4.46. The maximum Gasteiger partial charge on any atom is 0.229 e. The van der Waals surface area contributed by atoms with E-state index in [1.807, 2.05) is 19.1 Å². The summed E-state index contributed by atoms with van der Waals surface area (Å²) in [6.45, 7) is 2.67. The van der Waals surface area contributed by atoms with Gasteiger partial charge >= 0.3 is 0 Å². The minimum absolute atomic E-state index is 0.0548. The van der Waals surface area contributed by atoms with Gasteiger partial charge in [-0.2, -0.15) is 10.2 Å². The molecule has 0 bridgehead atoms. The molecule has 3 aromatic heterocycles. The molecule has 0 saturated heterocycles. The normalized spacial score (nSPS) is 16.3. The summed E-state index contributed by atoms with van der Waals surface area (Å²) in [6.07, 6.45) is 7.41. The van der Waals surface area contributed by atoms with E-state index in [0.717, 1.165) is 35.4 Å². The second kappa shape index (κ2) is 6.92. The fourth-order valence-electron chi connectivity index (χ4n) is 3.33. The largest absolute Gasteiger partial charge is 0.308 e. The van der Waals surface area contributed by atoms with Crippen molar-refractivity contribution < 1.29 is 4.79 Å². The Morgan fingerprint density at radius 1 is 1.42 bits per heavy atom. The number of nitrogens with zero attached hydrogens (tertiary/aromatic N) is 4. The Hall–Kier alpha value is -2.67. The molecule has 1 amide bonds. The van der Waals surface area contributed by atoms with Crippen molar-refractivity contribution in [2.45, 2.75) is 32.7 Å². The molecule has 2 N–H and O–H groups in total. The van der Waals surface area contributed by atoms with E-state index in [1.54, 1.807) is 23.3 Å². The number of pyridine rings is 1. The summed E-state index contributed by atoms with van der Waals surface area (Å²) in [4.78, 5) is 16.8. The van der Waals surface area contributed by atoms with Crippen LogP contribution in [0.15, 0.2) is 30.7 Å². The molecule has 0 saturated carbocycles. The molecule has 0 fully saturated rings. The lowest BCUT2D eigenvalue weighted by Crippen LogP contribution is -2.28. The van der Waals surface area contributed by atoms with Gasteiger partial charge in [-0.1, -0.05) is 11.6 Å². The predicted octanol–water partition coefficient (Wildman–Crippen LogP) is 3.09. The summed E-state index contributed by atoms with van der Waals surface area (Å²) >= 11 is 6.16. The Labute approximate surface area is 155 Å². The zero-order valence-electron chi connectivity index (χ0n) is 14.4. The Morgan fingerprint density at radius 3 is 2.96 bits per heavy atom. The molecule has 0 aliphatic heterocycles. The van der Waals surface area contributed by atoms with Gasteiger partial charge in [0, 0.05) is 47.9 Å². The minimum Gasteiger partial charge on any atom is -0.308 e. The molecule has 3 heterocycles. The Morgan fingerprint density at radius 2 is 2.23 bits per heavy atom. The van der Waals surface area contributed by atoms with Crippen molar-refractivity contribution in [1.82, 2.24) is 25.0 Å². The molecular weight excluding hydrogens is 352 g/mol. The van der Waals surface area contributed by atoms with Crippen LogP contribution in [0.5, 0.6) is 0 Å². The standard InChI is InChI=1S/C18H19ClN6O/c1-2-25-10-14(19)17(24-25)21-18(26)12-3-4-15-13(9-12)16(23-22-15)11-5-7-20-8-6-11/h5-8,10,12H,2-4,9H2,1H3,(H,22,23)(H,21,24,26). The molecule has 3 aromatic rings. The predicted molar refractivity (Wildman–Crippen MR) is 98.9 cm³/mol. The molecule has 1 aliphatic carbocycles. The third-order valence-corrected chi connectivity index (χ3v) is 5.03. The van der Waals surface area contributed by atoms with Crippen molar-refractivity contribution in [3.63, 3.8) is 0 Å². The van der Waals surface area contributed by atoms with E-state index in [1.165, 1.54) is 0 Å². The zero-order valence-corrected chi connectivity index (χ0v) is 15.1. The van der Waals surface area contributed by atoms with Gasteiger partial charge in [0.25, 0.3) is 0 Å². The number of nitrogens with one attached hydrogen (secondary N) is 2. The molecule has 8 heteroatoms. The third-order valence-electron chi connectivity index (χ3n) is 4.75. The summed E-state index contributed by atoms with van der Waals surface area (Å²) in [6, 6.07) is 3.86. The maximum atomic E-state index is 12.7. The van der Waals surface area contributed by atoms with E-state index >= 15 is 0 Å². The number of aryl methyl sites for hydroxylation is 2. The number of aromatic nitrogens is 5. The van der Waals surface area contributed by atoms with Crippen LogP contribution in [-0.2, 0) is 24.2 Å². The van der Waals surface area contributed by atoms with Gasteiger partial charge in [0.15, 0.2) is 5.82 Å². The number of hydrogen-bond donors (Lipinski definition) is 2.